The fraction of sp³-hybridized carbons (Fsp3) is 0.389. The van der Waals surface area contributed by atoms with E-state index in [1.165, 1.54) is 12.5 Å². The fourth-order valence-corrected chi connectivity index (χ4v) is 1.76. The summed E-state index contributed by atoms with van der Waals surface area (Å²) in [7, 11) is 0. The van der Waals surface area contributed by atoms with E-state index in [1.807, 2.05) is 32.9 Å². The van der Waals surface area contributed by atoms with Gasteiger partial charge in [-0.3, -0.25) is 4.79 Å². The van der Waals surface area contributed by atoms with Gasteiger partial charge in [0.2, 0.25) is 0 Å². The molecule has 0 aromatic carbocycles. The first-order valence-corrected chi connectivity index (χ1v) is 6.90. The molecule has 0 amide bonds. The molecule has 1 heterocycles. The van der Waals surface area contributed by atoms with Gasteiger partial charge in [0, 0.05) is 25.3 Å². The van der Waals surface area contributed by atoms with Crippen LogP contribution in [-0.4, -0.2) is 12.1 Å². The highest BCUT2D eigenvalue weighted by molar-refractivity contribution is 5.66. The summed E-state index contributed by atoms with van der Waals surface area (Å²) < 4.78 is 10.6. The van der Waals surface area contributed by atoms with Crippen molar-refractivity contribution in [2.45, 2.75) is 46.6 Å². The molecule has 3 heteroatoms. The number of ether oxygens (including phenoxy) is 2. The molecule has 0 N–H and O–H groups in total. The molecular weight excluding hydrogens is 264 g/mol. The van der Waals surface area contributed by atoms with Crippen LogP contribution in [0.2, 0.25) is 0 Å². The van der Waals surface area contributed by atoms with Crippen LogP contribution in [0.5, 0.6) is 0 Å². The Hall–Kier alpha value is -2.21. The van der Waals surface area contributed by atoms with E-state index in [1.54, 1.807) is 6.26 Å². The first-order valence-electron chi connectivity index (χ1n) is 6.90. The Bertz CT molecular complexity index is 561. The third kappa shape index (κ3) is 6.67. The van der Waals surface area contributed by atoms with Crippen molar-refractivity contribution in [2.24, 2.45) is 0 Å². The number of hydrogen-bond acceptors (Lipinski definition) is 3. The summed E-state index contributed by atoms with van der Waals surface area (Å²) in [5, 5.41) is 0. The van der Waals surface area contributed by atoms with E-state index in [0.717, 1.165) is 11.1 Å². The maximum Gasteiger partial charge on any atom is 0.303 e. The molecule has 1 aliphatic rings. The molecule has 0 spiro atoms. The van der Waals surface area contributed by atoms with E-state index >= 15 is 0 Å². The van der Waals surface area contributed by atoms with Gasteiger partial charge in [-0.2, -0.15) is 0 Å². The Kier molecular flexibility index (Phi) is 6.55. The zero-order valence-electron chi connectivity index (χ0n) is 13.2. The van der Waals surface area contributed by atoms with E-state index in [0.29, 0.717) is 18.6 Å². The zero-order chi connectivity index (χ0) is 15.8. The van der Waals surface area contributed by atoms with Crippen molar-refractivity contribution < 1.29 is 14.3 Å². The van der Waals surface area contributed by atoms with Crippen LogP contribution in [0, 0.1) is 11.8 Å². The molecule has 0 fully saturated rings. The van der Waals surface area contributed by atoms with E-state index in [2.05, 4.69) is 18.4 Å². The maximum absolute atomic E-state index is 11.2. The average Bonchev–Trinajstić information content (AvgIpc) is 2.80. The van der Waals surface area contributed by atoms with Crippen LogP contribution in [0.15, 0.2) is 47.5 Å². The van der Waals surface area contributed by atoms with E-state index in [-0.39, 0.29) is 12.1 Å². The summed E-state index contributed by atoms with van der Waals surface area (Å²) in [4.78, 5) is 11.2. The van der Waals surface area contributed by atoms with Gasteiger partial charge < -0.3 is 9.47 Å². The molecule has 0 radical (unpaired) electrons. The lowest BCUT2D eigenvalue weighted by molar-refractivity contribution is -0.144. The van der Waals surface area contributed by atoms with Crippen LogP contribution >= 0.6 is 0 Å². The van der Waals surface area contributed by atoms with Gasteiger partial charge in [0.15, 0.2) is 0 Å². The number of carbonyl (C=O) groups is 1. The van der Waals surface area contributed by atoms with Gasteiger partial charge in [-0.1, -0.05) is 30.1 Å². The first-order chi connectivity index (χ1) is 9.88. The summed E-state index contributed by atoms with van der Waals surface area (Å²) in [6.07, 6.45) is 6.33. The van der Waals surface area contributed by atoms with Crippen molar-refractivity contribution in [1.82, 2.24) is 0 Å². The second kappa shape index (κ2) is 8.16. The molecule has 1 aliphatic heterocycles. The van der Waals surface area contributed by atoms with Crippen LogP contribution in [0.4, 0.5) is 0 Å². The van der Waals surface area contributed by atoms with Crippen molar-refractivity contribution >= 4 is 5.97 Å². The molecular formula is C18H22O3. The standard InChI is InChI=1S/C18H22O3/c1-13(2)7-6-8-14(3)9-10-18(21-16(5)19)17-11-15(4)20-12-17/h7,9,12,18H,4,10-11H2,1-3,5H3/b14-9+/t18-/m0/s1. The molecule has 1 rings (SSSR count). The van der Waals surface area contributed by atoms with Crippen LogP contribution in [0.1, 0.15) is 40.5 Å². The van der Waals surface area contributed by atoms with Crippen LogP contribution in [-0.2, 0) is 14.3 Å². The van der Waals surface area contributed by atoms with Gasteiger partial charge >= 0.3 is 5.97 Å². The second-order valence-electron chi connectivity index (χ2n) is 5.24. The lowest BCUT2D eigenvalue weighted by Gasteiger charge is -2.15. The Balaban J connectivity index is 2.72. The van der Waals surface area contributed by atoms with Gasteiger partial charge in [0.1, 0.15) is 11.9 Å². The topological polar surface area (TPSA) is 35.5 Å². The smallest absolute Gasteiger partial charge is 0.303 e. The highest BCUT2D eigenvalue weighted by atomic mass is 16.5. The minimum absolute atomic E-state index is 0.305. The van der Waals surface area contributed by atoms with E-state index in [9.17, 15) is 4.79 Å². The average molecular weight is 286 g/mol. The van der Waals surface area contributed by atoms with Gasteiger partial charge in [-0.05, 0) is 32.4 Å². The molecule has 0 saturated carbocycles. The number of allylic oxidation sites excluding steroid dienone is 4. The summed E-state index contributed by atoms with van der Waals surface area (Å²) in [6, 6.07) is 0. The van der Waals surface area contributed by atoms with Crippen molar-refractivity contribution in [3.63, 3.8) is 0 Å². The SMILES string of the molecule is C=C1CC([C@H](C/C=C(\C)C#CC=C(C)C)OC(C)=O)=CO1. The number of esters is 1. The van der Waals surface area contributed by atoms with E-state index in [4.69, 9.17) is 9.47 Å². The summed E-state index contributed by atoms with van der Waals surface area (Å²) in [5.41, 5.74) is 3.04. The Morgan fingerprint density at radius 2 is 2.19 bits per heavy atom. The van der Waals surface area contributed by atoms with Crippen LogP contribution in [0.25, 0.3) is 0 Å². The van der Waals surface area contributed by atoms with Gasteiger partial charge in [0.05, 0.1) is 6.26 Å². The lowest BCUT2D eigenvalue weighted by Crippen LogP contribution is -2.17. The van der Waals surface area contributed by atoms with Gasteiger partial charge in [-0.15, -0.1) is 0 Å². The molecule has 3 nitrogen and oxygen atoms in total. The van der Waals surface area contributed by atoms with Crippen molar-refractivity contribution in [3.05, 3.63) is 47.5 Å². The second-order valence-corrected chi connectivity index (χ2v) is 5.24. The quantitative estimate of drug-likeness (QED) is 0.578. The highest BCUT2D eigenvalue weighted by Crippen LogP contribution is 2.26. The van der Waals surface area contributed by atoms with Gasteiger partial charge in [-0.25, -0.2) is 0 Å². The number of carbonyl (C=O) groups excluding carboxylic acids is 1. The normalized spacial score (nSPS) is 15.3. The molecule has 112 valence electrons. The molecule has 1 atom stereocenters. The monoisotopic (exact) mass is 286 g/mol. The lowest BCUT2D eigenvalue weighted by atomic mass is 10.0. The number of rotatable bonds is 4. The molecule has 0 bridgehead atoms. The minimum atomic E-state index is -0.318. The highest BCUT2D eigenvalue weighted by Gasteiger charge is 2.22. The minimum Gasteiger partial charge on any atom is -0.470 e. The molecule has 0 unspecified atom stereocenters. The number of hydrogen-bond donors (Lipinski definition) is 0. The third-order valence-corrected chi connectivity index (χ3v) is 2.77. The Morgan fingerprint density at radius 3 is 2.71 bits per heavy atom. The molecule has 0 aromatic rings. The van der Waals surface area contributed by atoms with E-state index < -0.39 is 0 Å². The van der Waals surface area contributed by atoms with Crippen LogP contribution < -0.4 is 0 Å². The summed E-state index contributed by atoms with van der Waals surface area (Å²) in [5.74, 6) is 6.40. The van der Waals surface area contributed by atoms with Crippen molar-refractivity contribution in [2.75, 3.05) is 0 Å². The Labute approximate surface area is 127 Å². The third-order valence-electron chi connectivity index (χ3n) is 2.77. The van der Waals surface area contributed by atoms with Crippen LogP contribution in [0.3, 0.4) is 0 Å². The van der Waals surface area contributed by atoms with Gasteiger partial charge in [0.25, 0.3) is 0 Å². The largest absolute Gasteiger partial charge is 0.470 e. The predicted molar refractivity (Wildman–Crippen MR) is 84.1 cm³/mol. The van der Waals surface area contributed by atoms with Crippen molar-refractivity contribution in [3.8, 4) is 11.8 Å². The zero-order valence-corrected chi connectivity index (χ0v) is 13.2. The predicted octanol–water partition coefficient (Wildman–Crippen LogP) is 4.04. The maximum atomic E-state index is 11.2. The fourth-order valence-electron chi connectivity index (χ4n) is 1.76. The molecule has 0 saturated heterocycles. The summed E-state index contributed by atoms with van der Waals surface area (Å²) >= 11 is 0. The van der Waals surface area contributed by atoms with Crippen molar-refractivity contribution in [1.29, 1.82) is 0 Å². The molecule has 0 aliphatic carbocycles. The molecule has 21 heavy (non-hydrogen) atoms. The molecule has 0 aromatic heterocycles. The summed E-state index contributed by atoms with van der Waals surface area (Å²) in [6.45, 7) is 11.1. The Morgan fingerprint density at radius 1 is 1.48 bits per heavy atom. The first kappa shape index (κ1) is 16.8.